The van der Waals surface area contributed by atoms with Crippen molar-refractivity contribution in [1.82, 2.24) is 4.90 Å². The van der Waals surface area contributed by atoms with Crippen LogP contribution in [-0.2, 0) is 4.79 Å². The number of amides is 1. The third-order valence-corrected chi connectivity index (χ3v) is 3.16. The molecule has 0 bridgehead atoms. The van der Waals surface area contributed by atoms with E-state index < -0.39 is 0 Å². The average Bonchev–Trinajstić information content (AvgIpc) is 2.40. The Morgan fingerprint density at radius 3 is 2.61 bits per heavy atom. The number of Topliss-reactive ketones (excluding diaryl/α,β-unsaturated/α-hetero) is 1. The van der Waals surface area contributed by atoms with Gasteiger partial charge in [0.25, 0.3) is 5.91 Å². The Hall–Kier alpha value is -1.36. The average molecular weight is 312 g/mol. The van der Waals surface area contributed by atoms with E-state index in [1.165, 1.54) is 0 Å². The van der Waals surface area contributed by atoms with Gasteiger partial charge in [-0.3, -0.25) is 9.59 Å². The second-order valence-electron chi connectivity index (χ2n) is 4.08. The van der Waals surface area contributed by atoms with Crippen LogP contribution in [0.4, 0.5) is 0 Å². The van der Waals surface area contributed by atoms with Crippen molar-refractivity contribution in [1.29, 1.82) is 0 Å². The van der Waals surface area contributed by atoms with Gasteiger partial charge in [0.15, 0.2) is 0 Å². The second kappa shape index (κ2) is 6.00. The van der Waals surface area contributed by atoms with Crippen LogP contribution in [0.2, 0.25) is 0 Å². The van der Waals surface area contributed by atoms with Crippen molar-refractivity contribution in [3.8, 4) is 5.75 Å². The summed E-state index contributed by atoms with van der Waals surface area (Å²) in [6.07, 6.45) is 0.903. The van der Waals surface area contributed by atoms with E-state index >= 15 is 0 Å². The second-order valence-corrected chi connectivity index (χ2v) is 4.54. The first-order valence-electron chi connectivity index (χ1n) is 5.81. The minimum atomic E-state index is -0.0703. The third kappa shape index (κ3) is 2.90. The maximum absolute atomic E-state index is 12.3. The molecule has 1 aromatic carbocycles. The van der Waals surface area contributed by atoms with Crippen molar-refractivity contribution < 1.29 is 14.3 Å². The number of nitrogens with zero attached hydrogens (tertiary/aromatic N) is 1. The van der Waals surface area contributed by atoms with Gasteiger partial charge in [0, 0.05) is 25.9 Å². The topological polar surface area (TPSA) is 46.6 Å². The number of ketones is 1. The Bertz CT molecular complexity index is 451. The molecule has 0 saturated carbocycles. The number of alkyl halides is 1. The number of ether oxygens (including phenoxy) is 1. The van der Waals surface area contributed by atoms with Crippen LogP contribution < -0.4 is 4.74 Å². The summed E-state index contributed by atoms with van der Waals surface area (Å²) in [5.41, 5.74) is 0.891. The fraction of sp³-hybridized carbons (Fsp3) is 0.385. The van der Waals surface area contributed by atoms with Gasteiger partial charge in [0.1, 0.15) is 17.0 Å². The van der Waals surface area contributed by atoms with Crippen molar-refractivity contribution in [3.63, 3.8) is 0 Å². The molecule has 1 saturated heterocycles. The smallest absolute Gasteiger partial charge is 0.257 e. The molecule has 1 fully saturated rings. The summed E-state index contributed by atoms with van der Waals surface area (Å²) in [6, 6.07) is 7.15. The van der Waals surface area contributed by atoms with Gasteiger partial charge in [0.2, 0.25) is 0 Å². The summed E-state index contributed by atoms with van der Waals surface area (Å²) in [4.78, 5) is 25.2. The highest BCUT2D eigenvalue weighted by atomic mass is 79.9. The Morgan fingerprint density at radius 1 is 1.28 bits per heavy atom. The number of halogens is 1. The zero-order valence-electron chi connectivity index (χ0n) is 9.89. The number of likely N-dealkylation sites (tertiary alicyclic amines) is 1. The molecule has 1 aliphatic heterocycles. The van der Waals surface area contributed by atoms with Gasteiger partial charge in [0.05, 0.1) is 5.56 Å². The van der Waals surface area contributed by atoms with E-state index in [-0.39, 0.29) is 11.7 Å². The van der Waals surface area contributed by atoms with E-state index in [4.69, 9.17) is 4.74 Å². The lowest BCUT2D eigenvalue weighted by molar-refractivity contribution is -0.120. The molecule has 4 nitrogen and oxygen atoms in total. The Balaban J connectivity index is 2.15. The molecule has 2 rings (SSSR count). The van der Waals surface area contributed by atoms with Gasteiger partial charge in [-0.25, -0.2) is 0 Å². The molecule has 1 heterocycles. The Morgan fingerprint density at radius 2 is 1.94 bits per heavy atom. The molecule has 0 aromatic heterocycles. The van der Waals surface area contributed by atoms with Gasteiger partial charge < -0.3 is 9.64 Å². The van der Waals surface area contributed by atoms with E-state index in [1.54, 1.807) is 17.0 Å². The quantitative estimate of drug-likeness (QED) is 0.804. The molecule has 5 heteroatoms. The fourth-order valence-electron chi connectivity index (χ4n) is 1.96. The highest BCUT2D eigenvalue weighted by Crippen LogP contribution is 2.21. The molecule has 0 spiro atoms. The summed E-state index contributed by atoms with van der Waals surface area (Å²) < 4.78 is 5.37. The number of rotatable bonds is 3. The van der Waals surface area contributed by atoms with Crippen LogP contribution in [0.1, 0.15) is 23.2 Å². The van der Waals surface area contributed by atoms with E-state index in [2.05, 4.69) is 15.9 Å². The number of benzene rings is 1. The van der Waals surface area contributed by atoms with Crippen molar-refractivity contribution in [2.24, 2.45) is 0 Å². The van der Waals surface area contributed by atoms with E-state index in [1.807, 2.05) is 12.1 Å². The molecular weight excluding hydrogens is 298 g/mol. The van der Waals surface area contributed by atoms with Crippen LogP contribution in [0.5, 0.6) is 5.75 Å². The predicted molar refractivity (Wildman–Crippen MR) is 71.0 cm³/mol. The van der Waals surface area contributed by atoms with Crippen LogP contribution in [-0.4, -0.2) is 35.2 Å². The maximum Gasteiger partial charge on any atom is 0.257 e. The molecule has 1 aromatic rings. The Kier molecular flexibility index (Phi) is 4.36. The van der Waals surface area contributed by atoms with Crippen molar-refractivity contribution in [3.05, 3.63) is 29.8 Å². The van der Waals surface area contributed by atoms with Crippen molar-refractivity contribution >= 4 is 27.6 Å². The summed E-state index contributed by atoms with van der Waals surface area (Å²) in [6.45, 7) is 1.00. The van der Waals surface area contributed by atoms with Crippen LogP contribution in [0, 0.1) is 0 Å². The molecule has 0 aliphatic carbocycles. The van der Waals surface area contributed by atoms with Gasteiger partial charge in [-0.2, -0.15) is 0 Å². The first-order valence-corrected chi connectivity index (χ1v) is 6.93. The molecule has 0 unspecified atom stereocenters. The van der Waals surface area contributed by atoms with Crippen LogP contribution in [0.3, 0.4) is 0 Å². The number of piperidine rings is 1. The highest BCUT2D eigenvalue weighted by Gasteiger charge is 2.23. The third-order valence-electron chi connectivity index (χ3n) is 2.94. The molecule has 18 heavy (non-hydrogen) atoms. The Labute approximate surface area is 114 Å². The molecule has 0 N–H and O–H groups in total. The monoisotopic (exact) mass is 311 g/mol. The summed E-state index contributed by atoms with van der Waals surface area (Å²) in [7, 11) is 0. The van der Waals surface area contributed by atoms with Crippen LogP contribution >= 0.6 is 15.9 Å². The first-order chi connectivity index (χ1) is 8.72. The number of carbonyl (C=O) groups is 2. The zero-order valence-corrected chi connectivity index (χ0v) is 11.5. The zero-order chi connectivity index (χ0) is 13.0. The SMILES string of the molecule is O=C1CCN(C(=O)c2ccccc2OCBr)CC1. The minimum absolute atomic E-state index is 0.0703. The minimum Gasteiger partial charge on any atom is -0.482 e. The van der Waals surface area contributed by atoms with E-state index in [0.717, 1.165) is 0 Å². The molecular formula is C13H14BrNO3. The number of para-hydroxylation sites is 1. The molecule has 96 valence electrons. The number of hydrogen-bond acceptors (Lipinski definition) is 3. The fourth-order valence-corrected chi connectivity index (χ4v) is 2.20. The number of hydrogen-bond donors (Lipinski definition) is 0. The van der Waals surface area contributed by atoms with Crippen molar-refractivity contribution in [2.45, 2.75) is 12.8 Å². The lowest BCUT2D eigenvalue weighted by Gasteiger charge is -2.26. The van der Waals surface area contributed by atoms with Gasteiger partial charge >= 0.3 is 0 Å². The largest absolute Gasteiger partial charge is 0.482 e. The van der Waals surface area contributed by atoms with Crippen molar-refractivity contribution in [2.75, 3.05) is 18.6 Å². The van der Waals surface area contributed by atoms with Gasteiger partial charge in [-0.1, -0.05) is 12.1 Å². The number of carbonyl (C=O) groups excluding carboxylic acids is 2. The summed E-state index contributed by atoms with van der Waals surface area (Å²) in [5.74, 6) is 0.722. The predicted octanol–water partition coefficient (Wildman–Crippen LogP) is 2.22. The molecule has 1 amide bonds. The summed E-state index contributed by atoms with van der Waals surface area (Å²) >= 11 is 3.18. The van der Waals surface area contributed by atoms with Crippen LogP contribution in [0.25, 0.3) is 0 Å². The summed E-state index contributed by atoms with van der Waals surface area (Å²) in [5, 5.41) is 0. The van der Waals surface area contributed by atoms with Gasteiger partial charge in [-0.05, 0) is 28.1 Å². The van der Waals surface area contributed by atoms with E-state index in [0.29, 0.717) is 42.8 Å². The lowest BCUT2D eigenvalue weighted by Crippen LogP contribution is -2.38. The van der Waals surface area contributed by atoms with Gasteiger partial charge in [-0.15, -0.1) is 0 Å². The van der Waals surface area contributed by atoms with E-state index in [9.17, 15) is 9.59 Å². The standard InChI is InChI=1S/C13H14BrNO3/c14-9-18-12-4-2-1-3-11(12)13(17)15-7-5-10(16)6-8-15/h1-4H,5-9H2. The molecule has 0 radical (unpaired) electrons. The molecule has 1 aliphatic rings. The lowest BCUT2D eigenvalue weighted by atomic mass is 10.1. The normalized spacial score (nSPS) is 15.6. The molecule has 0 atom stereocenters. The van der Waals surface area contributed by atoms with Crippen LogP contribution in [0.15, 0.2) is 24.3 Å². The maximum atomic E-state index is 12.3. The highest BCUT2D eigenvalue weighted by molar-refractivity contribution is 9.09. The first kappa shape index (κ1) is 13.1.